The molecule has 1 aromatic rings. The number of rotatable bonds is 3. The van der Waals surface area contributed by atoms with E-state index in [1.807, 2.05) is 30.0 Å². The van der Waals surface area contributed by atoms with Gasteiger partial charge >= 0.3 is 0 Å². The maximum atomic E-state index is 12.3. The first-order valence-electron chi connectivity index (χ1n) is 6.29. The Balaban J connectivity index is 0.00000180. The normalized spacial score (nSPS) is 18.1. The van der Waals surface area contributed by atoms with Crippen LogP contribution in [-0.2, 0) is 0 Å². The van der Waals surface area contributed by atoms with Crippen molar-refractivity contribution in [3.05, 3.63) is 29.3 Å². The summed E-state index contributed by atoms with van der Waals surface area (Å²) in [6.07, 6.45) is 1.01. The number of amides is 1. The van der Waals surface area contributed by atoms with Crippen molar-refractivity contribution in [1.29, 1.82) is 0 Å². The summed E-state index contributed by atoms with van der Waals surface area (Å²) >= 11 is 0. The largest absolute Gasteiger partial charge is 0.496 e. The SMILES string of the molecule is COc1cc(C(=O)N2CCC(CN)C2)ccc1C.Cl. The van der Waals surface area contributed by atoms with Gasteiger partial charge in [0.25, 0.3) is 5.91 Å². The van der Waals surface area contributed by atoms with Crippen molar-refractivity contribution in [2.24, 2.45) is 11.7 Å². The minimum Gasteiger partial charge on any atom is -0.496 e. The first kappa shape index (κ1) is 15.8. The summed E-state index contributed by atoms with van der Waals surface area (Å²) in [7, 11) is 1.62. The van der Waals surface area contributed by atoms with Crippen molar-refractivity contribution in [3.63, 3.8) is 0 Å². The third kappa shape index (κ3) is 3.39. The smallest absolute Gasteiger partial charge is 0.253 e. The van der Waals surface area contributed by atoms with Crippen LogP contribution in [0.5, 0.6) is 5.75 Å². The molecule has 1 aliphatic heterocycles. The summed E-state index contributed by atoms with van der Waals surface area (Å²) in [5.41, 5.74) is 7.37. The molecule has 1 fully saturated rings. The van der Waals surface area contributed by atoms with Crippen LogP contribution < -0.4 is 10.5 Å². The van der Waals surface area contributed by atoms with Crippen LogP contribution in [-0.4, -0.2) is 37.6 Å². The van der Waals surface area contributed by atoms with Gasteiger partial charge in [-0.05, 0) is 43.5 Å². The molecular weight excluding hydrogens is 264 g/mol. The molecule has 1 heterocycles. The molecule has 1 atom stereocenters. The van der Waals surface area contributed by atoms with Gasteiger partial charge < -0.3 is 15.4 Å². The molecule has 1 aliphatic rings. The first-order valence-corrected chi connectivity index (χ1v) is 6.29. The molecule has 19 heavy (non-hydrogen) atoms. The van der Waals surface area contributed by atoms with Gasteiger partial charge in [0.05, 0.1) is 7.11 Å². The maximum absolute atomic E-state index is 12.3. The van der Waals surface area contributed by atoms with E-state index in [9.17, 15) is 4.79 Å². The lowest BCUT2D eigenvalue weighted by molar-refractivity contribution is 0.0787. The van der Waals surface area contributed by atoms with Gasteiger partial charge in [0.2, 0.25) is 0 Å². The van der Waals surface area contributed by atoms with Crippen molar-refractivity contribution < 1.29 is 9.53 Å². The van der Waals surface area contributed by atoms with Crippen LogP contribution >= 0.6 is 12.4 Å². The Morgan fingerprint density at radius 2 is 2.26 bits per heavy atom. The molecule has 4 nitrogen and oxygen atoms in total. The summed E-state index contributed by atoms with van der Waals surface area (Å²) in [6, 6.07) is 5.59. The van der Waals surface area contributed by atoms with E-state index in [1.165, 1.54) is 0 Å². The van der Waals surface area contributed by atoms with E-state index < -0.39 is 0 Å². The van der Waals surface area contributed by atoms with E-state index in [0.717, 1.165) is 30.8 Å². The molecule has 1 saturated heterocycles. The van der Waals surface area contributed by atoms with Gasteiger partial charge in [-0.1, -0.05) is 6.07 Å². The van der Waals surface area contributed by atoms with Crippen LogP contribution in [0.2, 0.25) is 0 Å². The fourth-order valence-corrected chi connectivity index (χ4v) is 2.35. The Morgan fingerprint density at radius 3 is 2.84 bits per heavy atom. The molecular formula is C14H21ClN2O2. The molecule has 106 valence electrons. The highest BCUT2D eigenvalue weighted by Crippen LogP contribution is 2.22. The van der Waals surface area contributed by atoms with E-state index >= 15 is 0 Å². The number of carbonyl (C=O) groups is 1. The Morgan fingerprint density at radius 1 is 1.53 bits per heavy atom. The summed E-state index contributed by atoms with van der Waals surface area (Å²) in [4.78, 5) is 14.2. The Labute approximate surface area is 120 Å². The predicted octanol–water partition coefficient (Wildman–Crippen LogP) is 1.85. The number of benzene rings is 1. The van der Waals surface area contributed by atoms with Gasteiger partial charge in [0.15, 0.2) is 0 Å². The van der Waals surface area contributed by atoms with E-state index in [4.69, 9.17) is 10.5 Å². The van der Waals surface area contributed by atoms with Crippen LogP contribution in [0.15, 0.2) is 18.2 Å². The molecule has 0 spiro atoms. The zero-order valence-corrected chi connectivity index (χ0v) is 12.2. The number of hydrogen-bond acceptors (Lipinski definition) is 3. The van der Waals surface area contributed by atoms with Crippen LogP contribution in [0.4, 0.5) is 0 Å². The molecule has 0 radical (unpaired) electrons. The summed E-state index contributed by atoms with van der Waals surface area (Å²) in [5, 5.41) is 0. The second kappa shape index (κ2) is 6.78. The highest BCUT2D eigenvalue weighted by Gasteiger charge is 2.26. The second-order valence-electron chi connectivity index (χ2n) is 4.83. The summed E-state index contributed by atoms with van der Waals surface area (Å²) in [6.45, 7) is 4.19. The van der Waals surface area contributed by atoms with Crippen LogP contribution in [0.3, 0.4) is 0 Å². The van der Waals surface area contributed by atoms with Gasteiger partial charge in [0, 0.05) is 18.7 Å². The lowest BCUT2D eigenvalue weighted by Crippen LogP contribution is -2.29. The molecule has 0 aromatic heterocycles. The first-order chi connectivity index (χ1) is 8.65. The number of nitrogens with zero attached hydrogens (tertiary/aromatic N) is 1. The highest BCUT2D eigenvalue weighted by atomic mass is 35.5. The molecule has 0 bridgehead atoms. The van der Waals surface area contributed by atoms with E-state index in [-0.39, 0.29) is 18.3 Å². The maximum Gasteiger partial charge on any atom is 0.253 e. The number of nitrogens with two attached hydrogens (primary N) is 1. The van der Waals surface area contributed by atoms with Crippen molar-refractivity contribution in [3.8, 4) is 5.75 Å². The molecule has 0 saturated carbocycles. The average Bonchev–Trinajstić information content (AvgIpc) is 2.87. The van der Waals surface area contributed by atoms with Gasteiger partial charge in [-0.25, -0.2) is 0 Å². The fraction of sp³-hybridized carbons (Fsp3) is 0.500. The number of aryl methyl sites for hydroxylation is 1. The number of halogens is 1. The van der Waals surface area contributed by atoms with E-state index in [1.54, 1.807) is 7.11 Å². The zero-order chi connectivity index (χ0) is 13.1. The minimum atomic E-state index is 0. The van der Waals surface area contributed by atoms with Crippen molar-refractivity contribution >= 4 is 18.3 Å². The summed E-state index contributed by atoms with van der Waals surface area (Å²) in [5.74, 6) is 1.28. The van der Waals surface area contributed by atoms with E-state index in [0.29, 0.717) is 18.0 Å². The van der Waals surface area contributed by atoms with Gasteiger partial charge in [0.1, 0.15) is 5.75 Å². The molecule has 1 amide bonds. The predicted molar refractivity (Wildman–Crippen MR) is 78.0 cm³/mol. The van der Waals surface area contributed by atoms with Crippen molar-refractivity contribution in [1.82, 2.24) is 4.90 Å². The number of likely N-dealkylation sites (tertiary alicyclic amines) is 1. The third-order valence-corrected chi connectivity index (χ3v) is 3.56. The number of hydrogen-bond donors (Lipinski definition) is 1. The molecule has 2 N–H and O–H groups in total. The van der Waals surface area contributed by atoms with Gasteiger partial charge in [-0.2, -0.15) is 0 Å². The van der Waals surface area contributed by atoms with Crippen molar-refractivity contribution in [2.45, 2.75) is 13.3 Å². The van der Waals surface area contributed by atoms with Gasteiger partial charge in [-0.3, -0.25) is 4.79 Å². The zero-order valence-electron chi connectivity index (χ0n) is 11.4. The summed E-state index contributed by atoms with van der Waals surface area (Å²) < 4.78 is 5.25. The van der Waals surface area contributed by atoms with Gasteiger partial charge in [-0.15, -0.1) is 12.4 Å². The lowest BCUT2D eigenvalue weighted by Gasteiger charge is -2.17. The second-order valence-corrected chi connectivity index (χ2v) is 4.83. The minimum absolute atomic E-state index is 0. The number of ether oxygens (including phenoxy) is 1. The quantitative estimate of drug-likeness (QED) is 0.921. The Hall–Kier alpha value is -1.26. The third-order valence-electron chi connectivity index (χ3n) is 3.56. The van der Waals surface area contributed by atoms with Crippen LogP contribution in [0, 0.1) is 12.8 Å². The Kier molecular flexibility index (Phi) is 5.63. The lowest BCUT2D eigenvalue weighted by atomic mass is 10.1. The van der Waals surface area contributed by atoms with Crippen LogP contribution in [0.1, 0.15) is 22.3 Å². The highest BCUT2D eigenvalue weighted by molar-refractivity contribution is 5.95. The number of methoxy groups -OCH3 is 1. The molecule has 1 aromatic carbocycles. The van der Waals surface area contributed by atoms with Crippen molar-refractivity contribution in [2.75, 3.05) is 26.7 Å². The molecule has 2 rings (SSSR count). The molecule has 0 aliphatic carbocycles. The van der Waals surface area contributed by atoms with Crippen LogP contribution in [0.25, 0.3) is 0 Å². The fourth-order valence-electron chi connectivity index (χ4n) is 2.35. The standard InChI is InChI=1S/C14H20N2O2.ClH/c1-10-3-4-12(7-13(10)18-2)14(17)16-6-5-11(8-15)9-16;/h3-4,7,11H,5-6,8-9,15H2,1-2H3;1H. The Bertz CT molecular complexity index is 451. The average molecular weight is 285 g/mol. The van der Waals surface area contributed by atoms with E-state index in [2.05, 4.69) is 0 Å². The number of carbonyl (C=O) groups excluding carboxylic acids is 1. The molecule has 1 unspecified atom stereocenters. The molecule has 5 heteroatoms. The topological polar surface area (TPSA) is 55.6 Å². The monoisotopic (exact) mass is 284 g/mol.